The standard InChI is InChI=1S/C23H27ClN6O/c24-18-7-5-16(6-8-18)14-25-23(31)17-9-12-29(13-10-17)21-20-22(27-15-26-21)30-11-3-1-2-4-19(30)28-20/h5-8,15,17H,1-4,9-14H2,(H,25,31). The van der Waals surface area contributed by atoms with Crippen LogP contribution in [0.15, 0.2) is 30.6 Å². The van der Waals surface area contributed by atoms with Crippen LogP contribution in [0.25, 0.3) is 11.2 Å². The Hall–Kier alpha value is -2.67. The smallest absolute Gasteiger partial charge is 0.223 e. The molecule has 8 heteroatoms. The molecular formula is C23H27ClN6O. The van der Waals surface area contributed by atoms with Crippen molar-refractivity contribution in [2.75, 3.05) is 18.0 Å². The minimum atomic E-state index is 0.0274. The molecule has 0 radical (unpaired) electrons. The minimum Gasteiger partial charge on any atom is -0.355 e. The summed E-state index contributed by atoms with van der Waals surface area (Å²) in [4.78, 5) is 29.0. The molecule has 2 aliphatic rings. The molecule has 0 bridgehead atoms. The third-order valence-corrected chi connectivity index (χ3v) is 6.67. The van der Waals surface area contributed by atoms with Crippen LogP contribution in [-0.4, -0.2) is 38.5 Å². The number of hydrogen-bond acceptors (Lipinski definition) is 5. The zero-order chi connectivity index (χ0) is 21.2. The summed E-state index contributed by atoms with van der Waals surface area (Å²) in [7, 11) is 0. The predicted molar refractivity (Wildman–Crippen MR) is 121 cm³/mol. The molecule has 1 amide bonds. The van der Waals surface area contributed by atoms with Crippen LogP contribution in [0.2, 0.25) is 5.02 Å². The number of carbonyl (C=O) groups is 1. The van der Waals surface area contributed by atoms with E-state index >= 15 is 0 Å². The van der Waals surface area contributed by atoms with Gasteiger partial charge in [-0.3, -0.25) is 4.79 Å². The number of benzene rings is 1. The van der Waals surface area contributed by atoms with E-state index in [0.717, 1.165) is 67.3 Å². The Morgan fingerprint density at radius 2 is 1.87 bits per heavy atom. The highest BCUT2D eigenvalue weighted by molar-refractivity contribution is 6.30. The third kappa shape index (κ3) is 4.24. The van der Waals surface area contributed by atoms with E-state index in [9.17, 15) is 4.79 Å². The van der Waals surface area contributed by atoms with Gasteiger partial charge < -0.3 is 14.8 Å². The SMILES string of the molecule is O=C(NCc1ccc(Cl)cc1)C1CCN(c2ncnc3c2nc2n3CCCCC2)CC1. The lowest BCUT2D eigenvalue weighted by atomic mass is 9.95. The lowest BCUT2D eigenvalue weighted by molar-refractivity contribution is -0.125. The Labute approximate surface area is 186 Å². The summed E-state index contributed by atoms with van der Waals surface area (Å²) in [5.41, 5.74) is 2.91. The maximum Gasteiger partial charge on any atom is 0.223 e. The molecule has 3 aromatic rings. The number of imidazole rings is 1. The Bertz CT molecular complexity index is 1070. The van der Waals surface area contributed by atoms with E-state index in [1.807, 2.05) is 24.3 Å². The van der Waals surface area contributed by atoms with Crippen LogP contribution < -0.4 is 10.2 Å². The number of aromatic nitrogens is 4. The molecule has 2 aliphatic heterocycles. The molecule has 4 heterocycles. The fourth-order valence-electron chi connectivity index (χ4n) is 4.65. The van der Waals surface area contributed by atoms with Crippen LogP contribution >= 0.6 is 11.6 Å². The Balaban J connectivity index is 1.24. The van der Waals surface area contributed by atoms with E-state index in [4.69, 9.17) is 16.6 Å². The average Bonchev–Trinajstić information content (AvgIpc) is 2.99. The summed E-state index contributed by atoms with van der Waals surface area (Å²) in [5, 5.41) is 3.77. The van der Waals surface area contributed by atoms with Gasteiger partial charge in [-0.25, -0.2) is 15.0 Å². The molecule has 0 atom stereocenters. The van der Waals surface area contributed by atoms with Crippen LogP contribution in [0.4, 0.5) is 5.82 Å². The summed E-state index contributed by atoms with van der Waals surface area (Å²) < 4.78 is 2.27. The highest BCUT2D eigenvalue weighted by Crippen LogP contribution is 2.29. The van der Waals surface area contributed by atoms with Crippen LogP contribution in [0.5, 0.6) is 0 Å². The maximum atomic E-state index is 12.7. The zero-order valence-electron chi connectivity index (χ0n) is 17.6. The second kappa shape index (κ2) is 8.83. The van der Waals surface area contributed by atoms with Gasteiger partial charge in [-0.2, -0.15) is 0 Å². The van der Waals surface area contributed by atoms with E-state index in [-0.39, 0.29) is 11.8 Å². The number of anilines is 1. The number of aryl methyl sites for hydroxylation is 2. The lowest BCUT2D eigenvalue weighted by Crippen LogP contribution is -2.40. The first-order valence-electron chi connectivity index (χ1n) is 11.2. The largest absolute Gasteiger partial charge is 0.355 e. The number of hydrogen-bond donors (Lipinski definition) is 1. The van der Waals surface area contributed by atoms with Crippen molar-refractivity contribution in [2.24, 2.45) is 5.92 Å². The van der Waals surface area contributed by atoms with Gasteiger partial charge >= 0.3 is 0 Å². The van der Waals surface area contributed by atoms with Gasteiger partial charge in [-0.1, -0.05) is 30.2 Å². The van der Waals surface area contributed by atoms with Gasteiger partial charge in [0.1, 0.15) is 12.2 Å². The number of nitrogens with one attached hydrogen (secondary N) is 1. The molecule has 0 spiro atoms. The van der Waals surface area contributed by atoms with Crippen molar-refractivity contribution in [3.8, 4) is 0 Å². The Morgan fingerprint density at radius 1 is 1.06 bits per heavy atom. The first-order valence-corrected chi connectivity index (χ1v) is 11.5. The number of nitrogens with zero attached hydrogens (tertiary/aromatic N) is 5. The number of amides is 1. The summed E-state index contributed by atoms with van der Waals surface area (Å²) in [6.45, 7) is 3.11. The molecular weight excluding hydrogens is 412 g/mol. The molecule has 0 saturated carbocycles. The second-order valence-electron chi connectivity index (χ2n) is 8.47. The molecule has 7 nitrogen and oxygen atoms in total. The molecule has 1 aromatic carbocycles. The van der Waals surface area contributed by atoms with Gasteiger partial charge in [-0.05, 0) is 43.4 Å². The van der Waals surface area contributed by atoms with Crippen LogP contribution in [0.1, 0.15) is 43.5 Å². The quantitative estimate of drug-likeness (QED) is 0.671. The van der Waals surface area contributed by atoms with E-state index < -0.39 is 0 Å². The maximum absolute atomic E-state index is 12.7. The van der Waals surface area contributed by atoms with E-state index in [1.165, 1.54) is 19.3 Å². The highest BCUT2D eigenvalue weighted by atomic mass is 35.5. The van der Waals surface area contributed by atoms with Gasteiger partial charge in [0.25, 0.3) is 0 Å². The summed E-state index contributed by atoms with van der Waals surface area (Å²) in [5.74, 6) is 2.19. The molecule has 0 aliphatic carbocycles. The number of carbonyl (C=O) groups excluding carboxylic acids is 1. The van der Waals surface area contributed by atoms with Gasteiger partial charge in [0.05, 0.1) is 0 Å². The molecule has 2 aromatic heterocycles. The summed E-state index contributed by atoms with van der Waals surface area (Å²) in [6, 6.07) is 7.58. The van der Waals surface area contributed by atoms with Crippen molar-refractivity contribution in [3.05, 3.63) is 47.0 Å². The van der Waals surface area contributed by atoms with Crippen molar-refractivity contribution in [3.63, 3.8) is 0 Å². The third-order valence-electron chi connectivity index (χ3n) is 6.42. The number of fused-ring (bicyclic) bond motifs is 3. The van der Waals surface area contributed by atoms with Crippen LogP contribution in [0, 0.1) is 5.92 Å². The van der Waals surface area contributed by atoms with Crippen molar-refractivity contribution < 1.29 is 4.79 Å². The van der Waals surface area contributed by atoms with Crippen LogP contribution in [-0.2, 0) is 24.3 Å². The summed E-state index contributed by atoms with van der Waals surface area (Å²) >= 11 is 5.93. The van der Waals surface area contributed by atoms with Gasteiger partial charge in [0, 0.05) is 43.5 Å². The van der Waals surface area contributed by atoms with E-state index in [0.29, 0.717) is 11.6 Å². The van der Waals surface area contributed by atoms with Gasteiger partial charge in [0.15, 0.2) is 17.0 Å². The van der Waals surface area contributed by atoms with E-state index in [1.54, 1.807) is 6.33 Å². The zero-order valence-corrected chi connectivity index (χ0v) is 18.3. The first kappa shape index (κ1) is 20.2. The normalized spacial score (nSPS) is 17.4. The van der Waals surface area contributed by atoms with Crippen molar-refractivity contribution in [1.29, 1.82) is 0 Å². The topological polar surface area (TPSA) is 75.9 Å². The van der Waals surface area contributed by atoms with Gasteiger partial charge in [-0.15, -0.1) is 0 Å². The molecule has 1 saturated heterocycles. The number of halogens is 1. The number of rotatable bonds is 4. The second-order valence-corrected chi connectivity index (χ2v) is 8.90. The molecule has 1 fully saturated rings. The van der Waals surface area contributed by atoms with E-state index in [2.05, 4.69) is 24.8 Å². The van der Waals surface area contributed by atoms with Crippen molar-refractivity contribution in [1.82, 2.24) is 24.8 Å². The van der Waals surface area contributed by atoms with Crippen molar-refractivity contribution in [2.45, 2.75) is 51.6 Å². The fourth-order valence-corrected chi connectivity index (χ4v) is 4.77. The fraction of sp³-hybridized carbons (Fsp3) is 0.478. The predicted octanol–water partition coefficient (Wildman–Crippen LogP) is 3.74. The minimum absolute atomic E-state index is 0.0274. The highest BCUT2D eigenvalue weighted by Gasteiger charge is 2.28. The lowest BCUT2D eigenvalue weighted by Gasteiger charge is -2.32. The molecule has 1 N–H and O–H groups in total. The molecule has 31 heavy (non-hydrogen) atoms. The summed E-state index contributed by atoms with van der Waals surface area (Å²) in [6.07, 6.45) is 7.89. The average molecular weight is 439 g/mol. The molecule has 5 rings (SSSR count). The molecule has 162 valence electrons. The van der Waals surface area contributed by atoms with Crippen LogP contribution in [0.3, 0.4) is 0 Å². The monoisotopic (exact) mass is 438 g/mol. The molecule has 0 unspecified atom stereocenters. The number of piperidine rings is 1. The van der Waals surface area contributed by atoms with Gasteiger partial charge in [0.2, 0.25) is 5.91 Å². The Kier molecular flexibility index (Phi) is 5.76. The van der Waals surface area contributed by atoms with Crippen molar-refractivity contribution >= 4 is 34.5 Å². The Morgan fingerprint density at radius 3 is 2.68 bits per heavy atom. The first-order chi connectivity index (χ1) is 15.2.